The number of carbonyl (C=O) groups is 3. The highest BCUT2D eigenvalue weighted by atomic mass is 79.9. The SMILES string of the molecule is CCC[C@H]1C[C@@H]2C(=O)N(CCCCCC(=O)O)C(=O)[C@@H]2[C@@H]2C[C@@H](c3cc(Br)ccc3O)O[C@]12O. The van der Waals surface area contributed by atoms with E-state index in [2.05, 4.69) is 15.9 Å². The van der Waals surface area contributed by atoms with Crippen LogP contribution < -0.4 is 0 Å². The molecule has 3 N–H and O–H groups in total. The number of aliphatic carboxylic acids is 1. The number of likely N-dealkylation sites (tertiary alicyclic amines) is 1. The van der Waals surface area contributed by atoms with E-state index >= 15 is 0 Å². The number of benzene rings is 1. The number of ether oxygens (including phenoxy) is 1. The summed E-state index contributed by atoms with van der Waals surface area (Å²) in [4.78, 5) is 38.7. The van der Waals surface area contributed by atoms with Crippen LogP contribution in [0.25, 0.3) is 0 Å². The van der Waals surface area contributed by atoms with Gasteiger partial charge in [0.05, 0.1) is 17.9 Å². The Balaban J connectivity index is 1.56. The zero-order valence-electron chi connectivity index (χ0n) is 19.3. The van der Waals surface area contributed by atoms with Crippen LogP contribution in [0.5, 0.6) is 5.75 Å². The average Bonchev–Trinajstić information content (AvgIpc) is 3.25. The number of unbranched alkanes of at least 4 members (excludes halogenated alkanes) is 2. The first-order chi connectivity index (χ1) is 16.2. The number of imide groups is 1. The smallest absolute Gasteiger partial charge is 0.303 e. The first kappa shape index (κ1) is 25.1. The lowest BCUT2D eigenvalue weighted by Gasteiger charge is -2.44. The molecule has 1 aromatic rings. The number of amides is 2. The topological polar surface area (TPSA) is 124 Å². The molecule has 2 heterocycles. The van der Waals surface area contributed by atoms with Crippen molar-refractivity contribution in [3.8, 4) is 5.75 Å². The molecule has 6 atom stereocenters. The molecule has 0 radical (unpaired) electrons. The van der Waals surface area contributed by atoms with E-state index < -0.39 is 35.6 Å². The van der Waals surface area contributed by atoms with Gasteiger partial charge in [-0.1, -0.05) is 35.7 Å². The Hall–Kier alpha value is -1.97. The Morgan fingerprint density at radius 1 is 1.21 bits per heavy atom. The third kappa shape index (κ3) is 4.50. The minimum absolute atomic E-state index is 0.0656. The second-order valence-electron chi connectivity index (χ2n) is 9.79. The van der Waals surface area contributed by atoms with Crippen LogP contribution in [0.15, 0.2) is 22.7 Å². The van der Waals surface area contributed by atoms with Gasteiger partial charge in [0.15, 0.2) is 5.79 Å². The minimum atomic E-state index is -1.54. The van der Waals surface area contributed by atoms with E-state index in [0.717, 1.165) is 10.9 Å². The molecule has 0 aromatic heterocycles. The molecule has 1 aromatic carbocycles. The number of halogens is 1. The van der Waals surface area contributed by atoms with E-state index in [1.165, 1.54) is 4.90 Å². The van der Waals surface area contributed by atoms with E-state index in [-0.39, 0.29) is 36.4 Å². The summed E-state index contributed by atoms with van der Waals surface area (Å²) in [6.07, 6.45) is 3.38. The molecule has 1 aliphatic carbocycles. The van der Waals surface area contributed by atoms with Gasteiger partial charge in [0.2, 0.25) is 11.8 Å². The highest BCUT2D eigenvalue weighted by molar-refractivity contribution is 9.10. The third-order valence-corrected chi connectivity index (χ3v) is 8.19. The van der Waals surface area contributed by atoms with Crippen LogP contribution >= 0.6 is 15.9 Å². The number of nitrogens with zero attached hydrogens (tertiary/aromatic N) is 1. The van der Waals surface area contributed by atoms with Crippen molar-refractivity contribution in [2.24, 2.45) is 23.7 Å². The number of phenolic OH excluding ortho intramolecular Hbond substituents is 1. The number of phenols is 1. The lowest BCUT2D eigenvalue weighted by molar-refractivity contribution is -0.270. The molecule has 0 unspecified atom stereocenters. The summed E-state index contributed by atoms with van der Waals surface area (Å²) < 4.78 is 7.01. The lowest BCUT2D eigenvalue weighted by atomic mass is 9.63. The molecule has 0 spiro atoms. The number of rotatable bonds is 9. The molecule has 3 fully saturated rings. The predicted molar refractivity (Wildman–Crippen MR) is 126 cm³/mol. The summed E-state index contributed by atoms with van der Waals surface area (Å²) in [5.74, 6) is -4.74. The van der Waals surface area contributed by atoms with Gasteiger partial charge in [-0.3, -0.25) is 19.3 Å². The van der Waals surface area contributed by atoms with Crippen molar-refractivity contribution in [1.29, 1.82) is 0 Å². The normalized spacial score (nSPS) is 32.7. The van der Waals surface area contributed by atoms with Gasteiger partial charge in [0.25, 0.3) is 0 Å². The van der Waals surface area contributed by atoms with Crippen molar-refractivity contribution in [2.75, 3.05) is 6.54 Å². The second-order valence-corrected chi connectivity index (χ2v) is 10.7. The largest absolute Gasteiger partial charge is 0.508 e. The van der Waals surface area contributed by atoms with Crippen LogP contribution in [0.4, 0.5) is 0 Å². The fourth-order valence-electron chi connectivity index (χ4n) is 6.15. The number of hydrogen-bond acceptors (Lipinski definition) is 6. The monoisotopic (exact) mass is 537 g/mol. The number of carbonyl (C=O) groups excluding carboxylic acids is 2. The van der Waals surface area contributed by atoms with Gasteiger partial charge < -0.3 is 20.1 Å². The second kappa shape index (κ2) is 9.95. The van der Waals surface area contributed by atoms with Crippen LogP contribution in [0.3, 0.4) is 0 Å². The van der Waals surface area contributed by atoms with E-state index in [9.17, 15) is 24.6 Å². The van der Waals surface area contributed by atoms with Crippen molar-refractivity contribution < 1.29 is 34.4 Å². The summed E-state index contributed by atoms with van der Waals surface area (Å²) in [5, 5.41) is 31.0. The predicted octanol–water partition coefficient (Wildman–Crippen LogP) is 3.99. The van der Waals surface area contributed by atoms with Gasteiger partial charge in [0, 0.05) is 34.8 Å². The Kier molecular flexibility index (Phi) is 7.36. The molecule has 186 valence electrons. The van der Waals surface area contributed by atoms with Crippen LogP contribution in [-0.2, 0) is 19.1 Å². The van der Waals surface area contributed by atoms with Crippen LogP contribution in [0.1, 0.15) is 70.0 Å². The van der Waals surface area contributed by atoms with Crippen LogP contribution in [-0.4, -0.2) is 50.3 Å². The number of fused-ring (bicyclic) bond motifs is 3. The van der Waals surface area contributed by atoms with Crippen molar-refractivity contribution >= 4 is 33.7 Å². The van der Waals surface area contributed by atoms with Gasteiger partial charge in [-0.2, -0.15) is 0 Å². The molecule has 2 saturated heterocycles. The molecule has 8 nitrogen and oxygen atoms in total. The molecule has 9 heteroatoms. The first-order valence-corrected chi connectivity index (χ1v) is 12.9. The summed E-state index contributed by atoms with van der Waals surface area (Å²) >= 11 is 3.42. The standard InChI is InChI=1S/C25H32BrNO7/c1-2-6-14-11-17-22(24(32)27(23(17)31)10-5-3-4-7-21(29)30)18-13-20(34-25(14,18)33)16-12-15(26)8-9-19(16)28/h8-9,12,14,17-18,20,22,28,33H,2-7,10-11,13H2,1H3,(H,29,30)/t14-,17-,18-,20-,22-,25+/m0/s1. The fraction of sp³-hybridized carbons (Fsp3) is 0.640. The van der Waals surface area contributed by atoms with Crippen molar-refractivity contribution in [3.05, 3.63) is 28.2 Å². The van der Waals surface area contributed by atoms with Gasteiger partial charge in [-0.05, 0) is 50.3 Å². The number of aromatic hydroxyl groups is 1. The average molecular weight is 538 g/mol. The molecule has 0 bridgehead atoms. The van der Waals surface area contributed by atoms with Crippen molar-refractivity contribution in [1.82, 2.24) is 4.90 Å². The van der Waals surface area contributed by atoms with Crippen molar-refractivity contribution in [2.45, 2.75) is 70.2 Å². The maximum atomic E-state index is 13.4. The zero-order chi connectivity index (χ0) is 24.6. The van der Waals surface area contributed by atoms with Gasteiger partial charge >= 0.3 is 5.97 Å². The van der Waals surface area contributed by atoms with Gasteiger partial charge in [0.1, 0.15) is 5.75 Å². The van der Waals surface area contributed by atoms with E-state index in [1.807, 2.05) is 6.92 Å². The molecule has 3 aliphatic rings. The zero-order valence-corrected chi connectivity index (χ0v) is 20.9. The number of carboxylic acids is 1. The number of hydrogen-bond donors (Lipinski definition) is 3. The molecular formula is C25H32BrNO7. The molecular weight excluding hydrogens is 506 g/mol. The summed E-state index contributed by atoms with van der Waals surface area (Å²) in [6.45, 7) is 2.28. The maximum absolute atomic E-state index is 13.4. The number of aliphatic hydroxyl groups is 1. The number of carboxylic acid groups (broad SMARTS) is 1. The maximum Gasteiger partial charge on any atom is 0.303 e. The Morgan fingerprint density at radius 2 is 1.97 bits per heavy atom. The molecule has 2 aliphatic heterocycles. The minimum Gasteiger partial charge on any atom is -0.508 e. The Labute approximate surface area is 207 Å². The molecule has 4 rings (SSSR count). The van der Waals surface area contributed by atoms with E-state index in [4.69, 9.17) is 9.84 Å². The quantitative estimate of drug-likeness (QED) is 0.321. The van der Waals surface area contributed by atoms with E-state index in [0.29, 0.717) is 44.1 Å². The summed E-state index contributed by atoms with van der Waals surface area (Å²) in [5.41, 5.74) is 0.552. The fourth-order valence-corrected chi connectivity index (χ4v) is 6.52. The highest BCUT2D eigenvalue weighted by Gasteiger charge is 2.66. The van der Waals surface area contributed by atoms with Crippen molar-refractivity contribution in [3.63, 3.8) is 0 Å². The Morgan fingerprint density at radius 3 is 2.68 bits per heavy atom. The van der Waals surface area contributed by atoms with Gasteiger partial charge in [-0.25, -0.2) is 0 Å². The molecule has 1 saturated carbocycles. The Bertz CT molecular complexity index is 969. The molecule has 2 amide bonds. The van der Waals surface area contributed by atoms with Crippen LogP contribution in [0.2, 0.25) is 0 Å². The molecule has 34 heavy (non-hydrogen) atoms. The highest BCUT2D eigenvalue weighted by Crippen LogP contribution is 2.59. The first-order valence-electron chi connectivity index (χ1n) is 12.1. The summed E-state index contributed by atoms with van der Waals surface area (Å²) in [7, 11) is 0. The third-order valence-electron chi connectivity index (χ3n) is 7.70. The van der Waals surface area contributed by atoms with E-state index in [1.54, 1.807) is 18.2 Å². The lowest BCUT2D eigenvalue weighted by Crippen LogP contribution is -2.53. The van der Waals surface area contributed by atoms with Crippen LogP contribution in [0, 0.1) is 23.7 Å². The summed E-state index contributed by atoms with van der Waals surface area (Å²) in [6, 6.07) is 5.05. The van der Waals surface area contributed by atoms with Gasteiger partial charge in [-0.15, -0.1) is 0 Å².